The first-order valence-electron chi connectivity index (χ1n) is 8.79. The summed E-state index contributed by atoms with van der Waals surface area (Å²) >= 11 is 0. The molecule has 3 rings (SSSR count). The van der Waals surface area contributed by atoms with Gasteiger partial charge in [0.2, 0.25) is 11.8 Å². The molecule has 4 heteroatoms. The van der Waals surface area contributed by atoms with Gasteiger partial charge in [0.05, 0.1) is 5.92 Å². The van der Waals surface area contributed by atoms with Crippen LogP contribution in [0.3, 0.4) is 0 Å². The smallest absolute Gasteiger partial charge is 0.227 e. The minimum absolute atomic E-state index is 0.0138. The molecule has 2 aromatic carbocycles. The molecule has 0 spiro atoms. The lowest BCUT2D eigenvalue weighted by Gasteiger charge is -2.17. The van der Waals surface area contributed by atoms with E-state index >= 15 is 0 Å². The summed E-state index contributed by atoms with van der Waals surface area (Å²) in [5.74, 6) is -0.328. The Morgan fingerprint density at radius 3 is 2.60 bits per heavy atom. The van der Waals surface area contributed by atoms with Crippen molar-refractivity contribution in [2.24, 2.45) is 5.92 Å². The monoisotopic (exact) mass is 336 g/mol. The van der Waals surface area contributed by atoms with Crippen molar-refractivity contribution in [2.75, 3.05) is 11.4 Å². The van der Waals surface area contributed by atoms with Crippen LogP contribution in [0.2, 0.25) is 0 Å². The molecule has 0 aliphatic carbocycles. The molecule has 1 N–H and O–H groups in total. The van der Waals surface area contributed by atoms with Gasteiger partial charge in [0, 0.05) is 25.2 Å². The Morgan fingerprint density at radius 1 is 1.16 bits per heavy atom. The van der Waals surface area contributed by atoms with E-state index in [0.29, 0.717) is 13.1 Å². The van der Waals surface area contributed by atoms with Crippen molar-refractivity contribution < 1.29 is 9.59 Å². The van der Waals surface area contributed by atoms with Crippen molar-refractivity contribution >= 4 is 17.5 Å². The standard InChI is InChI=1S/C21H24N2O2/c1-3-16-7-9-19(10-8-16)23-14-18(12-20(23)24)21(25)22-13-17-6-4-5-15(2)11-17/h4-11,18H,3,12-14H2,1-2H3,(H,22,25)/t18-/m1/s1. The van der Waals surface area contributed by atoms with E-state index in [-0.39, 0.29) is 24.2 Å². The van der Waals surface area contributed by atoms with Crippen molar-refractivity contribution in [3.63, 3.8) is 0 Å². The zero-order valence-electron chi connectivity index (χ0n) is 14.8. The van der Waals surface area contributed by atoms with Crippen LogP contribution in [0.1, 0.15) is 30.0 Å². The summed E-state index contributed by atoms with van der Waals surface area (Å²) in [5.41, 5.74) is 4.35. The molecule has 2 amide bonds. The Hall–Kier alpha value is -2.62. The number of rotatable bonds is 5. The van der Waals surface area contributed by atoms with E-state index in [1.807, 2.05) is 49.4 Å². The number of benzene rings is 2. The molecule has 130 valence electrons. The molecule has 0 unspecified atom stereocenters. The van der Waals surface area contributed by atoms with Crippen LogP contribution in [0.4, 0.5) is 5.69 Å². The van der Waals surface area contributed by atoms with Crippen molar-refractivity contribution in [2.45, 2.75) is 33.2 Å². The summed E-state index contributed by atoms with van der Waals surface area (Å²) < 4.78 is 0. The second-order valence-electron chi connectivity index (χ2n) is 6.63. The molecule has 0 bridgehead atoms. The van der Waals surface area contributed by atoms with E-state index in [1.165, 1.54) is 11.1 Å². The van der Waals surface area contributed by atoms with E-state index in [1.54, 1.807) is 4.90 Å². The maximum atomic E-state index is 12.4. The molecule has 2 aromatic rings. The number of nitrogens with zero attached hydrogens (tertiary/aromatic N) is 1. The average Bonchev–Trinajstić information content (AvgIpc) is 3.02. The molecule has 1 atom stereocenters. The van der Waals surface area contributed by atoms with Gasteiger partial charge in [-0.05, 0) is 36.6 Å². The van der Waals surface area contributed by atoms with Crippen LogP contribution in [-0.4, -0.2) is 18.4 Å². The van der Waals surface area contributed by atoms with Crippen LogP contribution in [0.5, 0.6) is 0 Å². The second-order valence-corrected chi connectivity index (χ2v) is 6.63. The Morgan fingerprint density at radius 2 is 1.92 bits per heavy atom. The Kier molecular flexibility index (Phi) is 5.17. The van der Waals surface area contributed by atoms with E-state index in [2.05, 4.69) is 18.3 Å². The van der Waals surface area contributed by atoms with E-state index < -0.39 is 0 Å². The first kappa shape index (κ1) is 17.2. The van der Waals surface area contributed by atoms with Gasteiger partial charge in [-0.2, -0.15) is 0 Å². The zero-order chi connectivity index (χ0) is 17.8. The van der Waals surface area contributed by atoms with Gasteiger partial charge in [-0.25, -0.2) is 0 Å². The van der Waals surface area contributed by atoms with Gasteiger partial charge in [0.1, 0.15) is 0 Å². The summed E-state index contributed by atoms with van der Waals surface area (Å²) in [5, 5.41) is 2.96. The third-order valence-corrected chi connectivity index (χ3v) is 4.70. The fraction of sp³-hybridized carbons (Fsp3) is 0.333. The number of anilines is 1. The van der Waals surface area contributed by atoms with Crippen molar-refractivity contribution in [1.29, 1.82) is 0 Å². The number of carbonyl (C=O) groups is 2. The number of carbonyl (C=O) groups excluding carboxylic acids is 2. The van der Waals surface area contributed by atoms with Crippen LogP contribution in [0.15, 0.2) is 48.5 Å². The Labute approximate surface area is 148 Å². The largest absolute Gasteiger partial charge is 0.352 e. The van der Waals surface area contributed by atoms with Crippen LogP contribution >= 0.6 is 0 Å². The highest BCUT2D eigenvalue weighted by atomic mass is 16.2. The first-order valence-corrected chi connectivity index (χ1v) is 8.79. The quantitative estimate of drug-likeness (QED) is 0.911. The normalized spacial score (nSPS) is 17.0. The van der Waals surface area contributed by atoms with Crippen LogP contribution < -0.4 is 10.2 Å². The number of hydrogen-bond donors (Lipinski definition) is 1. The maximum Gasteiger partial charge on any atom is 0.227 e. The summed E-state index contributed by atoms with van der Waals surface area (Å²) in [6.45, 7) is 5.08. The predicted octanol–water partition coefficient (Wildman–Crippen LogP) is 3.23. The number of aryl methyl sites for hydroxylation is 2. The third-order valence-electron chi connectivity index (χ3n) is 4.70. The molecule has 0 radical (unpaired) electrons. The fourth-order valence-electron chi connectivity index (χ4n) is 3.20. The minimum atomic E-state index is -0.289. The molecule has 1 heterocycles. The molecule has 4 nitrogen and oxygen atoms in total. The SMILES string of the molecule is CCc1ccc(N2C[C@H](C(=O)NCc3cccc(C)c3)CC2=O)cc1. The van der Waals surface area contributed by atoms with Crippen molar-refractivity contribution in [3.8, 4) is 0 Å². The zero-order valence-corrected chi connectivity index (χ0v) is 14.8. The summed E-state index contributed by atoms with van der Waals surface area (Å²) in [6.07, 6.45) is 1.24. The fourth-order valence-corrected chi connectivity index (χ4v) is 3.20. The number of nitrogens with one attached hydrogen (secondary N) is 1. The van der Waals surface area contributed by atoms with Crippen LogP contribution in [-0.2, 0) is 22.6 Å². The van der Waals surface area contributed by atoms with Crippen molar-refractivity contribution in [3.05, 3.63) is 65.2 Å². The molecule has 1 aliphatic rings. The van der Waals surface area contributed by atoms with E-state index in [9.17, 15) is 9.59 Å². The van der Waals surface area contributed by atoms with Gasteiger partial charge in [0.15, 0.2) is 0 Å². The third kappa shape index (κ3) is 4.08. The molecule has 0 aromatic heterocycles. The lowest BCUT2D eigenvalue weighted by molar-refractivity contribution is -0.126. The van der Waals surface area contributed by atoms with Gasteiger partial charge >= 0.3 is 0 Å². The van der Waals surface area contributed by atoms with Gasteiger partial charge in [-0.15, -0.1) is 0 Å². The van der Waals surface area contributed by atoms with Gasteiger partial charge < -0.3 is 10.2 Å². The average molecular weight is 336 g/mol. The highest BCUT2D eigenvalue weighted by molar-refractivity contribution is 6.00. The molecule has 1 saturated heterocycles. The van der Waals surface area contributed by atoms with Crippen LogP contribution in [0.25, 0.3) is 0 Å². The minimum Gasteiger partial charge on any atom is -0.352 e. The topological polar surface area (TPSA) is 49.4 Å². The van der Waals surface area contributed by atoms with E-state index in [4.69, 9.17) is 0 Å². The Balaban J connectivity index is 1.60. The van der Waals surface area contributed by atoms with Gasteiger partial charge in [-0.1, -0.05) is 48.9 Å². The molecule has 0 saturated carbocycles. The number of amides is 2. The second kappa shape index (κ2) is 7.51. The van der Waals surface area contributed by atoms with E-state index in [0.717, 1.165) is 17.7 Å². The molecular weight excluding hydrogens is 312 g/mol. The first-order chi connectivity index (χ1) is 12.1. The van der Waals surface area contributed by atoms with Crippen molar-refractivity contribution in [1.82, 2.24) is 5.32 Å². The van der Waals surface area contributed by atoms with Gasteiger partial charge in [0.25, 0.3) is 0 Å². The molecule has 1 fully saturated rings. The summed E-state index contributed by atoms with van der Waals surface area (Å²) in [7, 11) is 0. The molecule has 1 aliphatic heterocycles. The van der Waals surface area contributed by atoms with Gasteiger partial charge in [-0.3, -0.25) is 9.59 Å². The number of hydrogen-bond acceptors (Lipinski definition) is 2. The predicted molar refractivity (Wildman–Crippen MR) is 99.3 cm³/mol. The van der Waals surface area contributed by atoms with Crippen LogP contribution in [0, 0.1) is 12.8 Å². The lowest BCUT2D eigenvalue weighted by atomic mass is 10.1. The molecular formula is C21H24N2O2. The molecule has 25 heavy (non-hydrogen) atoms. The highest BCUT2D eigenvalue weighted by Crippen LogP contribution is 2.25. The lowest BCUT2D eigenvalue weighted by Crippen LogP contribution is -2.32. The summed E-state index contributed by atoms with van der Waals surface area (Å²) in [4.78, 5) is 26.5. The Bertz CT molecular complexity index is 768. The highest BCUT2D eigenvalue weighted by Gasteiger charge is 2.34. The maximum absolute atomic E-state index is 12.4. The summed E-state index contributed by atoms with van der Waals surface area (Å²) in [6, 6.07) is 16.1.